The van der Waals surface area contributed by atoms with Crippen LogP contribution in [-0.4, -0.2) is 72.1 Å². The summed E-state index contributed by atoms with van der Waals surface area (Å²) in [6.07, 6.45) is 6.56. The predicted octanol–water partition coefficient (Wildman–Crippen LogP) is 4.54. The van der Waals surface area contributed by atoms with Crippen LogP contribution in [0.2, 0.25) is 0 Å². The lowest BCUT2D eigenvalue weighted by molar-refractivity contribution is -0.169. The Morgan fingerprint density at radius 3 is 2.31 bits per heavy atom. The minimum Gasteiger partial charge on any atom is -0.437 e. The highest BCUT2D eigenvalue weighted by Crippen LogP contribution is 2.44. The normalized spacial score (nSPS) is 19.1. The standard InChI is InChI=1S/C31H33FN6O4/c1-20(39)36-24-8-12-38(13-9-24)29-27-26(21-2-5-23(32)6-3-21)28(42-30(27)35-19-34-29)22-4-7-25(33-18-22)37-14-10-31(11-15-37)40-16-17-41-31/h2-7,18-19,24H,8-17H2,1H3,(H,36,39). The summed E-state index contributed by atoms with van der Waals surface area (Å²) in [5.74, 6) is 1.49. The van der Waals surface area contributed by atoms with E-state index in [1.807, 2.05) is 18.3 Å². The van der Waals surface area contributed by atoms with Gasteiger partial charge in [-0.05, 0) is 42.7 Å². The molecule has 10 nitrogen and oxygen atoms in total. The fourth-order valence-corrected chi connectivity index (χ4v) is 6.35. The predicted molar refractivity (Wildman–Crippen MR) is 156 cm³/mol. The first kappa shape index (κ1) is 26.8. The third kappa shape index (κ3) is 5.07. The molecule has 0 unspecified atom stereocenters. The maximum Gasteiger partial charge on any atom is 0.232 e. The molecule has 1 amide bonds. The summed E-state index contributed by atoms with van der Waals surface area (Å²) in [5.41, 5.74) is 2.86. The van der Waals surface area contributed by atoms with Crippen molar-refractivity contribution in [2.45, 2.75) is 44.4 Å². The molecule has 3 fully saturated rings. The number of carbonyl (C=O) groups is 1. The molecule has 0 bridgehead atoms. The van der Waals surface area contributed by atoms with E-state index < -0.39 is 5.79 Å². The van der Waals surface area contributed by atoms with Crippen LogP contribution in [0.1, 0.15) is 32.6 Å². The molecule has 0 radical (unpaired) electrons. The van der Waals surface area contributed by atoms with Gasteiger partial charge in [-0.2, -0.15) is 0 Å². The van der Waals surface area contributed by atoms with E-state index in [1.165, 1.54) is 18.5 Å². The number of halogens is 1. The molecular formula is C31H33FN6O4. The number of piperidine rings is 2. The highest BCUT2D eigenvalue weighted by molar-refractivity contribution is 6.06. The van der Waals surface area contributed by atoms with E-state index in [0.29, 0.717) is 24.7 Å². The molecule has 6 heterocycles. The molecule has 3 aliphatic rings. The average Bonchev–Trinajstić information content (AvgIpc) is 3.63. The van der Waals surface area contributed by atoms with Gasteiger partial charge in [-0.25, -0.2) is 19.3 Å². The number of aromatic nitrogens is 3. The number of nitrogens with one attached hydrogen (secondary N) is 1. The van der Waals surface area contributed by atoms with Crippen molar-refractivity contribution < 1.29 is 23.1 Å². The van der Waals surface area contributed by atoms with Gasteiger partial charge in [0.15, 0.2) is 5.79 Å². The number of pyridine rings is 1. The maximum atomic E-state index is 14.0. The summed E-state index contributed by atoms with van der Waals surface area (Å²) in [6.45, 7) is 5.91. The number of benzene rings is 1. The first-order valence-electron chi connectivity index (χ1n) is 14.5. The molecule has 42 heavy (non-hydrogen) atoms. The van der Waals surface area contributed by atoms with E-state index in [9.17, 15) is 9.18 Å². The minimum atomic E-state index is -0.438. The number of anilines is 2. The smallest absolute Gasteiger partial charge is 0.232 e. The van der Waals surface area contributed by atoms with Crippen LogP contribution in [0.4, 0.5) is 16.0 Å². The number of hydrogen-bond acceptors (Lipinski definition) is 9. The van der Waals surface area contributed by atoms with Crippen LogP contribution in [0.25, 0.3) is 33.6 Å². The third-order valence-corrected chi connectivity index (χ3v) is 8.48. The van der Waals surface area contributed by atoms with E-state index in [4.69, 9.17) is 18.9 Å². The summed E-state index contributed by atoms with van der Waals surface area (Å²) in [7, 11) is 0. The zero-order chi connectivity index (χ0) is 28.7. The molecule has 0 atom stereocenters. The number of ether oxygens (including phenoxy) is 2. The molecule has 1 N–H and O–H groups in total. The van der Waals surface area contributed by atoms with E-state index in [2.05, 4.69) is 25.1 Å². The minimum absolute atomic E-state index is 0.0170. The number of fused-ring (bicyclic) bond motifs is 1. The molecule has 11 heteroatoms. The Balaban J connectivity index is 1.23. The highest BCUT2D eigenvalue weighted by Gasteiger charge is 2.40. The van der Waals surface area contributed by atoms with Gasteiger partial charge in [-0.1, -0.05) is 12.1 Å². The van der Waals surface area contributed by atoms with Crippen LogP contribution in [-0.2, 0) is 14.3 Å². The van der Waals surface area contributed by atoms with Gasteiger partial charge < -0.3 is 29.0 Å². The molecule has 0 aliphatic carbocycles. The molecule has 3 aliphatic heterocycles. The van der Waals surface area contributed by atoms with Crippen LogP contribution in [0, 0.1) is 5.82 Å². The molecule has 218 valence electrons. The molecule has 3 aromatic heterocycles. The molecule has 0 saturated carbocycles. The third-order valence-electron chi connectivity index (χ3n) is 8.48. The van der Waals surface area contributed by atoms with E-state index in [-0.39, 0.29) is 17.8 Å². The van der Waals surface area contributed by atoms with Crippen molar-refractivity contribution in [3.8, 4) is 22.5 Å². The number of hydrogen-bond donors (Lipinski definition) is 1. The van der Waals surface area contributed by atoms with E-state index in [1.54, 1.807) is 19.1 Å². The van der Waals surface area contributed by atoms with Gasteiger partial charge in [0.05, 0.1) is 18.6 Å². The molecule has 1 spiro atoms. The van der Waals surface area contributed by atoms with Crippen LogP contribution in [0.3, 0.4) is 0 Å². The fourth-order valence-electron chi connectivity index (χ4n) is 6.35. The van der Waals surface area contributed by atoms with Crippen molar-refractivity contribution in [1.82, 2.24) is 20.3 Å². The van der Waals surface area contributed by atoms with Crippen molar-refractivity contribution in [2.75, 3.05) is 49.2 Å². The highest BCUT2D eigenvalue weighted by atomic mass is 19.1. The molecule has 3 saturated heterocycles. The lowest BCUT2D eigenvalue weighted by Crippen LogP contribution is -2.45. The molecule has 7 rings (SSSR count). The van der Waals surface area contributed by atoms with E-state index >= 15 is 0 Å². The van der Waals surface area contributed by atoms with Crippen LogP contribution in [0.15, 0.2) is 53.3 Å². The van der Waals surface area contributed by atoms with Gasteiger partial charge in [0.2, 0.25) is 11.6 Å². The van der Waals surface area contributed by atoms with Crippen molar-refractivity contribution >= 4 is 28.6 Å². The zero-order valence-electron chi connectivity index (χ0n) is 23.5. The summed E-state index contributed by atoms with van der Waals surface area (Å²) in [4.78, 5) is 30.0. The van der Waals surface area contributed by atoms with Gasteiger partial charge in [0.1, 0.15) is 29.5 Å². The van der Waals surface area contributed by atoms with Crippen LogP contribution < -0.4 is 15.1 Å². The van der Waals surface area contributed by atoms with Gasteiger partial charge >= 0.3 is 0 Å². The molecular weight excluding hydrogens is 539 g/mol. The van der Waals surface area contributed by atoms with E-state index in [0.717, 1.165) is 85.6 Å². The molecule has 1 aromatic carbocycles. The second kappa shape index (κ2) is 11.0. The summed E-state index contributed by atoms with van der Waals surface area (Å²) >= 11 is 0. The number of rotatable bonds is 5. The van der Waals surface area contributed by atoms with Gasteiger partial charge in [-0.3, -0.25) is 4.79 Å². The van der Waals surface area contributed by atoms with Gasteiger partial charge in [-0.15, -0.1) is 0 Å². The average molecular weight is 573 g/mol. The summed E-state index contributed by atoms with van der Waals surface area (Å²) < 4.78 is 32.1. The SMILES string of the molecule is CC(=O)NC1CCN(c2ncnc3oc(-c4ccc(N5CCC6(CC5)OCCO6)nc4)c(-c4ccc(F)cc4)c23)CC1. The Hall–Kier alpha value is -4.09. The molecule has 4 aromatic rings. The van der Waals surface area contributed by atoms with Crippen molar-refractivity contribution in [2.24, 2.45) is 0 Å². The topological polar surface area (TPSA) is 106 Å². The van der Waals surface area contributed by atoms with Crippen LogP contribution in [0.5, 0.6) is 0 Å². The van der Waals surface area contributed by atoms with Crippen LogP contribution >= 0.6 is 0 Å². The first-order valence-corrected chi connectivity index (χ1v) is 14.5. The Labute approximate surface area is 242 Å². The Morgan fingerprint density at radius 2 is 1.64 bits per heavy atom. The van der Waals surface area contributed by atoms with Crippen molar-refractivity contribution in [3.05, 3.63) is 54.7 Å². The zero-order valence-corrected chi connectivity index (χ0v) is 23.5. The Kier molecular flexibility index (Phi) is 6.99. The number of carbonyl (C=O) groups excluding carboxylic acids is 1. The summed E-state index contributed by atoms with van der Waals surface area (Å²) in [5, 5.41) is 3.80. The quantitative estimate of drug-likeness (QED) is 0.369. The lowest BCUT2D eigenvalue weighted by Gasteiger charge is -2.38. The number of furan rings is 1. The second-order valence-corrected chi connectivity index (χ2v) is 11.2. The maximum absolute atomic E-state index is 14.0. The summed E-state index contributed by atoms with van der Waals surface area (Å²) in [6, 6.07) is 10.5. The monoisotopic (exact) mass is 572 g/mol. The largest absolute Gasteiger partial charge is 0.437 e. The first-order chi connectivity index (χ1) is 20.5. The Bertz CT molecular complexity index is 1570. The van der Waals surface area contributed by atoms with Crippen molar-refractivity contribution in [1.29, 1.82) is 0 Å². The number of amides is 1. The Morgan fingerprint density at radius 1 is 0.929 bits per heavy atom. The van der Waals surface area contributed by atoms with Gasteiger partial charge in [0.25, 0.3) is 0 Å². The van der Waals surface area contributed by atoms with Crippen molar-refractivity contribution in [3.63, 3.8) is 0 Å². The lowest BCUT2D eigenvalue weighted by atomic mass is 9.99. The fraction of sp³-hybridized carbons (Fsp3) is 0.419. The number of nitrogens with zero attached hydrogens (tertiary/aromatic N) is 5. The second-order valence-electron chi connectivity index (χ2n) is 11.2. The van der Waals surface area contributed by atoms with Gasteiger partial charge in [0, 0.05) is 69.3 Å².